The van der Waals surface area contributed by atoms with Crippen LogP contribution >= 0.6 is 0 Å². The summed E-state index contributed by atoms with van der Waals surface area (Å²) >= 11 is 0. The molecule has 1 aliphatic rings. The Balaban J connectivity index is 1.68. The van der Waals surface area contributed by atoms with Crippen LogP contribution in [-0.2, 0) is 17.8 Å². The molecule has 0 unspecified atom stereocenters. The van der Waals surface area contributed by atoms with Crippen molar-refractivity contribution in [2.24, 2.45) is 5.92 Å². The lowest BCUT2D eigenvalue weighted by atomic mass is 10.1. The summed E-state index contributed by atoms with van der Waals surface area (Å²) in [6, 6.07) is 3.93. The zero-order valence-electron chi connectivity index (χ0n) is 15.0. The highest BCUT2D eigenvalue weighted by Gasteiger charge is 2.24. The Kier molecular flexibility index (Phi) is 4.69. The van der Waals surface area contributed by atoms with Gasteiger partial charge in [0.15, 0.2) is 0 Å². The second-order valence-electron chi connectivity index (χ2n) is 7.13. The third-order valence-electron chi connectivity index (χ3n) is 4.71. The van der Waals surface area contributed by atoms with E-state index in [0.717, 1.165) is 29.4 Å². The van der Waals surface area contributed by atoms with Crippen molar-refractivity contribution in [1.29, 1.82) is 0 Å². The Hall–Kier alpha value is -2.17. The van der Waals surface area contributed by atoms with Gasteiger partial charge in [0.1, 0.15) is 5.82 Å². The quantitative estimate of drug-likeness (QED) is 0.882. The number of nitrogens with zero attached hydrogens (tertiary/aromatic N) is 3. The van der Waals surface area contributed by atoms with Gasteiger partial charge in [0.2, 0.25) is 5.91 Å². The van der Waals surface area contributed by atoms with E-state index in [1.54, 1.807) is 6.20 Å². The Morgan fingerprint density at radius 2 is 2.12 bits per heavy atom. The highest BCUT2D eigenvalue weighted by Crippen LogP contribution is 2.31. The van der Waals surface area contributed by atoms with Crippen LogP contribution in [0.2, 0.25) is 0 Å². The molecule has 1 amide bonds. The highest BCUT2D eigenvalue weighted by molar-refractivity contribution is 5.91. The van der Waals surface area contributed by atoms with Gasteiger partial charge in [-0.3, -0.25) is 9.48 Å². The summed E-state index contributed by atoms with van der Waals surface area (Å²) in [4.78, 5) is 16.7. The zero-order valence-corrected chi connectivity index (χ0v) is 15.0. The fourth-order valence-electron chi connectivity index (χ4n) is 2.93. The van der Waals surface area contributed by atoms with Crippen molar-refractivity contribution in [2.45, 2.75) is 59.4 Å². The van der Waals surface area contributed by atoms with Gasteiger partial charge in [0.25, 0.3) is 0 Å². The lowest BCUT2D eigenvalue weighted by Crippen LogP contribution is -2.16. The van der Waals surface area contributed by atoms with Crippen LogP contribution in [0.1, 0.15) is 55.1 Å². The van der Waals surface area contributed by atoms with Gasteiger partial charge in [-0.2, -0.15) is 5.10 Å². The molecule has 0 aliphatic heterocycles. The Morgan fingerprint density at radius 3 is 2.79 bits per heavy atom. The van der Waals surface area contributed by atoms with Gasteiger partial charge in [0, 0.05) is 24.0 Å². The molecule has 1 aliphatic carbocycles. The van der Waals surface area contributed by atoms with Crippen LogP contribution in [0.15, 0.2) is 18.3 Å². The first-order valence-electron chi connectivity index (χ1n) is 8.72. The lowest BCUT2D eigenvalue weighted by Gasteiger charge is -2.09. The molecule has 2 aromatic rings. The largest absolute Gasteiger partial charge is 0.310 e. The first-order valence-corrected chi connectivity index (χ1v) is 8.72. The van der Waals surface area contributed by atoms with E-state index >= 15 is 0 Å². The maximum absolute atomic E-state index is 12.4. The monoisotopic (exact) mass is 326 g/mol. The van der Waals surface area contributed by atoms with E-state index in [1.165, 1.54) is 18.4 Å². The average Bonchev–Trinajstić information content (AvgIpc) is 3.31. The number of hydrogen-bond donors (Lipinski definition) is 1. The summed E-state index contributed by atoms with van der Waals surface area (Å²) in [6.07, 6.45) is 4.68. The van der Waals surface area contributed by atoms with Gasteiger partial charge in [0.05, 0.1) is 12.1 Å². The van der Waals surface area contributed by atoms with Crippen molar-refractivity contribution in [2.75, 3.05) is 5.32 Å². The fraction of sp³-hybridized carbons (Fsp3) is 0.526. The van der Waals surface area contributed by atoms with Gasteiger partial charge < -0.3 is 5.32 Å². The molecule has 5 nitrogen and oxygen atoms in total. The molecule has 1 N–H and O–H groups in total. The maximum Gasteiger partial charge on any atom is 0.230 e. The molecule has 2 aromatic heterocycles. The Labute approximate surface area is 143 Å². The molecule has 3 rings (SSSR count). The second kappa shape index (κ2) is 6.75. The van der Waals surface area contributed by atoms with E-state index in [4.69, 9.17) is 0 Å². The van der Waals surface area contributed by atoms with Gasteiger partial charge >= 0.3 is 0 Å². The molecule has 128 valence electrons. The molecule has 0 bridgehead atoms. The van der Waals surface area contributed by atoms with Crippen LogP contribution in [0.3, 0.4) is 0 Å². The number of carbonyl (C=O) groups is 1. The number of rotatable bonds is 6. The van der Waals surface area contributed by atoms with Crippen LogP contribution < -0.4 is 5.32 Å². The van der Waals surface area contributed by atoms with Crippen molar-refractivity contribution in [3.63, 3.8) is 0 Å². The summed E-state index contributed by atoms with van der Waals surface area (Å²) in [5, 5.41) is 7.52. The van der Waals surface area contributed by atoms with Gasteiger partial charge in [-0.05, 0) is 56.2 Å². The van der Waals surface area contributed by atoms with Crippen molar-refractivity contribution in [3.8, 4) is 0 Å². The van der Waals surface area contributed by atoms with E-state index in [1.807, 2.05) is 19.1 Å². The number of anilines is 1. The van der Waals surface area contributed by atoms with E-state index in [-0.39, 0.29) is 5.91 Å². The van der Waals surface area contributed by atoms with Crippen molar-refractivity contribution in [3.05, 3.63) is 40.8 Å². The predicted octanol–water partition coefficient (Wildman–Crippen LogP) is 3.61. The van der Waals surface area contributed by atoms with E-state index in [2.05, 4.69) is 40.9 Å². The molecule has 1 saturated carbocycles. The molecule has 1 fully saturated rings. The smallest absolute Gasteiger partial charge is 0.230 e. The fourth-order valence-corrected chi connectivity index (χ4v) is 2.93. The molecule has 0 radical (unpaired) electrons. The first-order chi connectivity index (χ1) is 11.4. The predicted molar refractivity (Wildman–Crippen MR) is 95.1 cm³/mol. The van der Waals surface area contributed by atoms with E-state index in [0.29, 0.717) is 18.2 Å². The molecule has 0 aromatic carbocycles. The van der Waals surface area contributed by atoms with Crippen LogP contribution in [0, 0.1) is 19.8 Å². The van der Waals surface area contributed by atoms with Crippen molar-refractivity contribution >= 4 is 11.7 Å². The number of aryl methyl sites for hydroxylation is 1. The third kappa shape index (κ3) is 3.83. The zero-order chi connectivity index (χ0) is 17.3. The number of amides is 1. The molecule has 0 saturated heterocycles. The standard InChI is InChI=1S/C19H26N4O/c1-12(2)16-7-8-20-18(9-16)21-19(24)10-17-13(3)22-23(14(17)4)11-15-5-6-15/h7-9,12,15H,5-6,10-11H2,1-4H3,(H,20,21,24). The lowest BCUT2D eigenvalue weighted by molar-refractivity contribution is -0.115. The first kappa shape index (κ1) is 16.7. The number of aromatic nitrogens is 3. The van der Waals surface area contributed by atoms with Gasteiger partial charge in [-0.1, -0.05) is 13.8 Å². The van der Waals surface area contributed by atoms with Gasteiger partial charge in [-0.15, -0.1) is 0 Å². The molecular weight excluding hydrogens is 300 g/mol. The summed E-state index contributed by atoms with van der Waals surface area (Å²) < 4.78 is 2.06. The minimum absolute atomic E-state index is 0.0411. The second-order valence-corrected chi connectivity index (χ2v) is 7.13. The molecule has 5 heteroatoms. The van der Waals surface area contributed by atoms with Crippen LogP contribution in [-0.4, -0.2) is 20.7 Å². The molecule has 0 atom stereocenters. The highest BCUT2D eigenvalue weighted by atomic mass is 16.1. The minimum atomic E-state index is -0.0411. The normalized spacial score (nSPS) is 14.2. The maximum atomic E-state index is 12.4. The Bertz CT molecular complexity index is 744. The number of pyridine rings is 1. The molecule has 2 heterocycles. The summed E-state index contributed by atoms with van der Waals surface area (Å²) in [7, 11) is 0. The molecular formula is C19H26N4O. The number of nitrogens with one attached hydrogen (secondary N) is 1. The average molecular weight is 326 g/mol. The van der Waals surface area contributed by atoms with Crippen molar-refractivity contribution < 1.29 is 4.79 Å². The summed E-state index contributed by atoms with van der Waals surface area (Å²) in [6.45, 7) is 9.27. The van der Waals surface area contributed by atoms with Gasteiger partial charge in [-0.25, -0.2) is 4.98 Å². The van der Waals surface area contributed by atoms with E-state index < -0.39 is 0 Å². The molecule has 0 spiro atoms. The SMILES string of the molecule is Cc1nn(CC2CC2)c(C)c1CC(=O)Nc1cc(C(C)C)ccn1. The van der Waals surface area contributed by atoms with Crippen LogP contribution in [0.4, 0.5) is 5.82 Å². The summed E-state index contributed by atoms with van der Waals surface area (Å²) in [5.41, 5.74) is 4.27. The van der Waals surface area contributed by atoms with Crippen LogP contribution in [0.25, 0.3) is 0 Å². The van der Waals surface area contributed by atoms with E-state index in [9.17, 15) is 4.79 Å². The number of carbonyl (C=O) groups excluding carboxylic acids is 1. The van der Waals surface area contributed by atoms with Crippen LogP contribution in [0.5, 0.6) is 0 Å². The van der Waals surface area contributed by atoms with Crippen molar-refractivity contribution in [1.82, 2.24) is 14.8 Å². The third-order valence-corrected chi connectivity index (χ3v) is 4.71. The summed E-state index contributed by atoms with van der Waals surface area (Å²) in [5.74, 6) is 1.76. The topological polar surface area (TPSA) is 59.8 Å². The minimum Gasteiger partial charge on any atom is -0.310 e. The Morgan fingerprint density at radius 1 is 1.38 bits per heavy atom. The molecule has 24 heavy (non-hydrogen) atoms. The number of hydrogen-bond acceptors (Lipinski definition) is 3.